The molecule has 0 fully saturated rings. The molecule has 0 aliphatic heterocycles. The molecule has 93 heavy (non-hydrogen) atoms. The first kappa shape index (κ1) is 88.9. The van der Waals surface area contributed by atoms with E-state index in [1.165, 1.54) is 167 Å². The number of phosphoric acid groups is 1. The van der Waals surface area contributed by atoms with E-state index in [4.69, 9.17) is 9.05 Å². The fourth-order valence-electron chi connectivity index (χ4n) is 10.3. The number of nitrogens with one attached hydrogen (secondary N) is 1. The molecule has 1 amide bonds. The highest BCUT2D eigenvalue weighted by Gasteiger charge is 2.23. The first-order valence-electron chi connectivity index (χ1n) is 38.0. The van der Waals surface area contributed by atoms with Gasteiger partial charge < -0.3 is 28.8 Å². The lowest BCUT2D eigenvalue weighted by molar-refractivity contribution is -0.870. The predicted octanol–water partition coefficient (Wildman–Crippen LogP) is 24.4. The van der Waals surface area contributed by atoms with Crippen LogP contribution in [0.15, 0.2) is 170 Å². The van der Waals surface area contributed by atoms with Gasteiger partial charge in [-0.1, -0.05) is 344 Å². The number of hydrogen-bond donors (Lipinski definition) is 2. The second-order valence-electron chi connectivity index (χ2n) is 26.3. The van der Waals surface area contributed by atoms with Crippen molar-refractivity contribution in [3.63, 3.8) is 0 Å². The van der Waals surface area contributed by atoms with Crippen molar-refractivity contribution in [3.8, 4) is 0 Å². The van der Waals surface area contributed by atoms with Gasteiger partial charge in [0.25, 0.3) is 7.82 Å². The molecule has 0 aromatic rings. The molecule has 0 heterocycles. The lowest BCUT2D eigenvalue weighted by Gasteiger charge is -2.29. The summed E-state index contributed by atoms with van der Waals surface area (Å²) < 4.78 is 23.4. The van der Waals surface area contributed by atoms with Crippen LogP contribution in [0.1, 0.15) is 303 Å². The Morgan fingerprint density at radius 1 is 0.387 bits per heavy atom. The molecule has 0 bridgehead atoms. The summed E-state index contributed by atoms with van der Waals surface area (Å²) in [7, 11) is 1.20. The Labute approximate surface area is 574 Å². The monoisotopic (exact) mass is 1310 g/mol. The number of phosphoric ester groups is 1. The van der Waals surface area contributed by atoms with Crippen LogP contribution in [-0.4, -0.2) is 68.5 Å². The maximum Gasteiger partial charge on any atom is 0.268 e. The van der Waals surface area contributed by atoms with Gasteiger partial charge in [-0.25, -0.2) is 0 Å². The van der Waals surface area contributed by atoms with E-state index in [1.54, 1.807) is 6.08 Å². The molecule has 0 aliphatic carbocycles. The van der Waals surface area contributed by atoms with Gasteiger partial charge >= 0.3 is 0 Å². The number of hydrogen-bond acceptors (Lipinski definition) is 6. The number of aliphatic hydroxyl groups is 1. The Balaban J connectivity index is 4.22. The Bertz CT molecular complexity index is 2130. The van der Waals surface area contributed by atoms with Crippen LogP contribution in [-0.2, 0) is 18.4 Å². The number of likely N-dealkylation sites (N-methyl/N-ethyl adjacent to an activating group) is 1. The van der Waals surface area contributed by atoms with Gasteiger partial charge in [-0.3, -0.25) is 9.36 Å². The van der Waals surface area contributed by atoms with E-state index in [9.17, 15) is 19.4 Å². The molecule has 2 N–H and O–H groups in total. The van der Waals surface area contributed by atoms with Gasteiger partial charge in [0.2, 0.25) is 5.91 Å². The quantitative estimate of drug-likeness (QED) is 0.0272. The summed E-state index contributed by atoms with van der Waals surface area (Å²) in [4.78, 5) is 25.6. The third-order valence-electron chi connectivity index (χ3n) is 16.2. The summed E-state index contributed by atoms with van der Waals surface area (Å²) in [6.45, 7) is 4.49. The van der Waals surface area contributed by atoms with E-state index in [0.29, 0.717) is 17.4 Å². The van der Waals surface area contributed by atoms with Crippen LogP contribution < -0.4 is 10.2 Å². The molecule has 3 atom stereocenters. The van der Waals surface area contributed by atoms with E-state index in [-0.39, 0.29) is 18.9 Å². The van der Waals surface area contributed by atoms with Crippen LogP contribution in [0.5, 0.6) is 0 Å². The maximum atomic E-state index is 13.0. The highest BCUT2D eigenvalue weighted by Crippen LogP contribution is 2.38. The lowest BCUT2D eigenvalue weighted by atomic mass is 10.0. The number of unbranched alkanes of at least 4 members (excludes halogenated alkanes) is 29. The zero-order chi connectivity index (χ0) is 67.6. The standard InChI is InChI=1S/C84H143N2O6P/c1-6-8-10-12-14-16-18-20-22-24-26-28-30-32-34-36-38-40-41-42-43-44-45-46-48-50-52-54-56-58-60-62-64-66-68-70-72-74-76-78-84(88)85-82(81-92-93(89,90)91-80-79-86(3,4)5)83(87)77-75-73-71-69-67-65-63-61-59-57-55-53-51-49-47-39-37-35-33-31-29-27-25-23-21-19-17-15-13-11-9-7-2/h8,10,14,16,20,22,26,28,32,34,38,40,42-43,45-46,50,52,56,58,62,64,67-70,75,77,82-83,87H,6-7,9,11-13,15,17-19,21,23-25,27,29-31,33,35-37,39,41,44,47-49,51,53-55,57,59-61,63,65-66,71-74,76,78-81H2,1-5H3,(H-,85,88,89,90)/b10-8-,16-14-,22-20-,28-26-,34-32-,40-38-,43-42-,46-45-,52-50-,58-56-,64-62-,69-67+,70-68-,77-75+. The minimum absolute atomic E-state index is 0.0239. The second-order valence-corrected chi connectivity index (χ2v) is 27.7. The van der Waals surface area contributed by atoms with Crippen LogP contribution in [0.4, 0.5) is 0 Å². The molecule has 9 heteroatoms. The molecular weight excluding hydrogens is 1160 g/mol. The third kappa shape index (κ3) is 75.1. The van der Waals surface area contributed by atoms with Crippen LogP contribution in [0.3, 0.4) is 0 Å². The largest absolute Gasteiger partial charge is 0.756 e. The molecule has 0 saturated carbocycles. The minimum atomic E-state index is -4.64. The summed E-state index contributed by atoms with van der Waals surface area (Å²) in [5.41, 5.74) is 0. The van der Waals surface area contributed by atoms with E-state index in [2.05, 4.69) is 177 Å². The summed E-state index contributed by atoms with van der Waals surface area (Å²) in [6.07, 6.45) is 114. The topological polar surface area (TPSA) is 108 Å². The first-order chi connectivity index (χ1) is 45.5. The summed E-state index contributed by atoms with van der Waals surface area (Å²) in [5, 5.41) is 13.9. The highest BCUT2D eigenvalue weighted by molar-refractivity contribution is 7.45. The first-order valence-corrected chi connectivity index (χ1v) is 39.5. The van der Waals surface area contributed by atoms with Crippen molar-refractivity contribution in [1.82, 2.24) is 5.32 Å². The summed E-state index contributed by atoms with van der Waals surface area (Å²) >= 11 is 0. The molecule has 0 aromatic carbocycles. The van der Waals surface area contributed by atoms with Crippen LogP contribution >= 0.6 is 7.82 Å². The zero-order valence-electron chi connectivity index (χ0n) is 60.6. The van der Waals surface area contributed by atoms with Gasteiger partial charge in [0, 0.05) is 6.42 Å². The SMILES string of the molecule is CC/C=C\C/C=C\C/C=C\C/C=C\C/C=C\C/C=C\C/C=C\C/C=C\C/C=C\C/C=C\C/C=C\C/C=C\CCCCC(=O)NC(COP(=O)([O-])OCC[N+](C)(C)C)C(O)/C=C/CC/C=C/CCCCCCCCCCCCCCCCCCCCCCCCCCCC. The van der Waals surface area contributed by atoms with Crippen molar-refractivity contribution >= 4 is 13.7 Å². The molecule has 8 nitrogen and oxygen atoms in total. The average Bonchev–Trinajstić information content (AvgIpc) is 1.94. The molecule has 0 aliphatic rings. The molecule has 0 radical (unpaired) electrons. The summed E-state index contributed by atoms with van der Waals surface area (Å²) in [5.74, 6) is -0.253. The number of allylic oxidation sites excluding steroid dienone is 27. The van der Waals surface area contributed by atoms with Gasteiger partial charge in [0.1, 0.15) is 13.2 Å². The fourth-order valence-corrected chi connectivity index (χ4v) is 11.1. The van der Waals surface area contributed by atoms with Gasteiger partial charge in [-0.2, -0.15) is 0 Å². The van der Waals surface area contributed by atoms with Gasteiger partial charge in [0.05, 0.1) is 39.9 Å². The number of nitrogens with zero attached hydrogens (tertiary/aromatic N) is 1. The molecule has 530 valence electrons. The highest BCUT2D eigenvalue weighted by atomic mass is 31.2. The molecular formula is C84H143N2O6P. The van der Waals surface area contributed by atoms with Crippen molar-refractivity contribution in [1.29, 1.82) is 0 Å². The number of quaternary nitrogens is 1. The normalized spacial score (nSPS) is 14.5. The molecule has 0 saturated heterocycles. The molecule has 0 aromatic heterocycles. The van der Waals surface area contributed by atoms with Gasteiger partial charge in [-0.05, 0) is 122 Å². The Kier molecular flexibility index (Phi) is 68.9. The molecule has 3 unspecified atom stereocenters. The number of carbonyl (C=O) groups excluding carboxylic acids is 1. The fraction of sp³-hybridized carbons (Fsp3) is 0.655. The van der Waals surface area contributed by atoms with Crippen LogP contribution in [0.2, 0.25) is 0 Å². The maximum absolute atomic E-state index is 13.0. The van der Waals surface area contributed by atoms with Gasteiger partial charge in [0.15, 0.2) is 0 Å². The third-order valence-corrected chi connectivity index (χ3v) is 17.1. The number of carbonyl (C=O) groups is 1. The predicted molar refractivity (Wildman–Crippen MR) is 407 cm³/mol. The Morgan fingerprint density at radius 3 is 1.00 bits per heavy atom. The Morgan fingerprint density at radius 2 is 0.667 bits per heavy atom. The van der Waals surface area contributed by atoms with Gasteiger partial charge in [-0.15, -0.1) is 0 Å². The van der Waals surface area contributed by atoms with E-state index in [1.807, 2.05) is 27.2 Å². The second kappa shape index (κ2) is 72.1. The average molecular weight is 1310 g/mol. The molecule has 0 spiro atoms. The van der Waals surface area contributed by atoms with Crippen molar-refractivity contribution in [2.45, 2.75) is 315 Å². The zero-order valence-corrected chi connectivity index (χ0v) is 61.5. The summed E-state index contributed by atoms with van der Waals surface area (Å²) in [6, 6.07) is -0.942. The van der Waals surface area contributed by atoms with Crippen molar-refractivity contribution in [2.75, 3.05) is 40.9 Å². The number of rotatable bonds is 68. The van der Waals surface area contributed by atoms with Crippen molar-refractivity contribution in [3.05, 3.63) is 170 Å². The minimum Gasteiger partial charge on any atom is -0.756 e. The van der Waals surface area contributed by atoms with Crippen molar-refractivity contribution < 1.29 is 32.9 Å². The van der Waals surface area contributed by atoms with Crippen LogP contribution in [0, 0.1) is 0 Å². The number of amides is 1. The lowest BCUT2D eigenvalue weighted by Crippen LogP contribution is -2.45. The number of aliphatic hydroxyl groups excluding tert-OH is 1. The van der Waals surface area contributed by atoms with Crippen LogP contribution in [0.25, 0.3) is 0 Å². The van der Waals surface area contributed by atoms with E-state index in [0.717, 1.165) is 109 Å². The Hall–Kier alpha value is -4.14. The smallest absolute Gasteiger partial charge is 0.268 e. The van der Waals surface area contributed by atoms with E-state index < -0.39 is 26.6 Å². The van der Waals surface area contributed by atoms with Crippen molar-refractivity contribution in [2.24, 2.45) is 0 Å². The molecule has 0 rings (SSSR count). The van der Waals surface area contributed by atoms with E-state index >= 15 is 0 Å².